The van der Waals surface area contributed by atoms with Gasteiger partial charge >= 0.3 is 5.76 Å². The minimum absolute atomic E-state index is 0.0160. The van der Waals surface area contributed by atoms with Gasteiger partial charge in [0.1, 0.15) is 6.54 Å². The summed E-state index contributed by atoms with van der Waals surface area (Å²) in [5.74, 6) is -0.974. The van der Waals surface area contributed by atoms with Gasteiger partial charge in [0.05, 0.1) is 10.4 Å². The molecule has 1 aliphatic heterocycles. The van der Waals surface area contributed by atoms with Crippen molar-refractivity contribution in [2.24, 2.45) is 5.14 Å². The number of oxazole rings is 1. The van der Waals surface area contributed by atoms with Gasteiger partial charge in [-0.2, -0.15) is 0 Å². The Kier molecular flexibility index (Phi) is 3.93. The number of rotatable bonds is 3. The lowest BCUT2D eigenvalue weighted by Gasteiger charge is -2.22. The molecule has 1 atom stereocenters. The summed E-state index contributed by atoms with van der Waals surface area (Å²) in [7, 11) is -3.92. The van der Waals surface area contributed by atoms with Crippen LogP contribution in [0.25, 0.3) is 11.1 Å². The van der Waals surface area contributed by atoms with Gasteiger partial charge in [0, 0.05) is 17.8 Å². The van der Waals surface area contributed by atoms with Gasteiger partial charge in [0.15, 0.2) is 5.58 Å². The largest absolute Gasteiger partial charge is 0.420 e. The first-order valence-electron chi connectivity index (χ1n) is 8.32. The molecule has 0 aliphatic carbocycles. The van der Waals surface area contributed by atoms with Crippen molar-refractivity contribution in [2.45, 2.75) is 30.8 Å². The third-order valence-electron chi connectivity index (χ3n) is 4.74. The molecule has 0 spiro atoms. The second kappa shape index (κ2) is 6.07. The van der Waals surface area contributed by atoms with Gasteiger partial charge in [0.2, 0.25) is 15.9 Å². The molecule has 0 fully saturated rings. The number of carbonyl (C=O) groups excluding carboxylic acids is 1. The fraction of sp³-hybridized carbons (Fsp3) is 0.222. The number of anilines is 1. The van der Waals surface area contributed by atoms with E-state index in [0.717, 1.165) is 17.7 Å². The lowest BCUT2D eigenvalue weighted by atomic mass is 10.1. The number of carbonyl (C=O) groups is 1. The second-order valence-corrected chi connectivity index (χ2v) is 8.14. The normalized spacial score (nSPS) is 16.7. The highest BCUT2D eigenvalue weighted by atomic mass is 32.2. The number of aromatic nitrogens is 1. The summed E-state index contributed by atoms with van der Waals surface area (Å²) >= 11 is 0. The molecule has 9 heteroatoms. The molecule has 2 heterocycles. The minimum Gasteiger partial charge on any atom is -0.408 e. The zero-order valence-corrected chi connectivity index (χ0v) is 15.3. The molecule has 1 aromatic heterocycles. The van der Waals surface area contributed by atoms with E-state index >= 15 is 0 Å². The summed E-state index contributed by atoms with van der Waals surface area (Å²) in [6.07, 6.45) is 0.751. The Bertz CT molecular complexity index is 1230. The quantitative estimate of drug-likeness (QED) is 0.725. The number of nitrogens with zero attached hydrogens (tertiary/aromatic N) is 2. The number of hydrogen-bond acceptors (Lipinski definition) is 5. The molecule has 0 unspecified atom stereocenters. The van der Waals surface area contributed by atoms with Gasteiger partial charge in [-0.05, 0) is 37.1 Å². The molecule has 4 rings (SSSR count). The molecule has 2 N–H and O–H groups in total. The Morgan fingerprint density at radius 1 is 1.26 bits per heavy atom. The predicted molar refractivity (Wildman–Crippen MR) is 98.9 cm³/mol. The van der Waals surface area contributed by atoms with Crippen LogP contribution in [0.3, 0.4) is 0 Å². The van der Waals surface area contributed by atoms with Gasteiger partial charge in [-0.25, -0.2) is 18.4 Å². The van der Waals surface area contributed by atoms with E-state index in [4.69, 9.17) is 9.56 Å². The van der Waals surface area contributed by atoms with E-state index in [-0.39, 0.29) is 29.0 Å². The van der Waals surface area contributed by atoms with Crippen molar-refractivity contribution < 1.29 is 17.6 Å². The first-order valence-corrected chi connectivity index (χ1v) is 9.86. The lowest BCUT2D eigenvalue weighted by Crippen LogP contribution is -2.39. The second-order valence-electron chi connectivity index (χ2n) is 6.57. The van der Waals surface area contributed by atoms with Crippen LogP contribution in [-0.2, 0) is 27.8 Å². The monoisotopic (exact) mass is 387 g/mol. The van der Waals surface area contributed by atoms with E-state index < -0.39 is 15.8 Å². The molecule has 8 nitrogen and oxygen atoms in total. The predicted octanol–water partition coefficient (Wildman–Crippen LogP) is 1.22. The third kappa shape index (κ3) is 2.94. The van der Waals surface area contributed by atoms with E-state index in [0.29, 0.717) is 5.52 Å². The topological polar surface area (TPSA) is 116 Å². The highest BCUT2D eigenvalue weighted by Gasteiger charge is 2.31. The summed E-state index contributed by atoms with van der Waals surface area (Å²) in [6, 6.07) is 11.5. The number of fused-ring (bicyclic) bond motifs is 2. The smallest absolute Gasteiger partial charge is 0.408 e. The molecule has 140 valence electrons. The van der Waals surface area contributed by atoms with Gasteiger partial charge in [0.25, 0.3) is 0 Å². The molecule has 0 saturated heterocycles. The zero-order chi connectivity index (χ0) is 19.3. The van der Waals surface area contributed by atoms with Crippen molar-refractivity contribution in [1.82, 2.24) is 4.57 Å². The van der Waals surface area contributed by atoms with E-state index in [9.17, 15) is 18.0 Å². The standard InChI is InChI=1S/C18H17N3O5S/c1-11-8-12-4-2-3-5-14(12)21(11)17(22)10-20-15-7-6-13(27(19,24)25)9-16(15)26-18(20)23/h2-7,9,11H,8,10H2,1H3,(H2,19,24,25)/t11-/m0/s1. The van der Waals surface area contributed by atoms with Crippen LogP contribution < -0.4 is 15.8 Å². The first-order chi connectivity index (χ1) is 12.8. The maximum atomic E-state index is 12.9. The number of hydrogen-bond donors (Lipinski definition) is 1. The van der Waals surface area contributed by atoms with Crippen LogP contribution in [0.5, 0.6) is 0 Å². The van der Waals surface area contributed by atoms with E-state index in [1.807, 2.05) is 31.2 Å². The van der Waals surface area contributed by atoms with E-state index in [1.54, 1.807) is 4.90 Å². The maximum Gasteiger partial charge on any atom is 0.420 e. The third-order valence-corrected chi connectivity index (χ3v) is 5.65. The molecule has 1 amide bonds. The number of amides is 1. The number of nitrogens with two attached hydrogens (primary N) is 1. The number of benzene rings is 2. The lowest BCUT2D eigenvalue weighted by molar-refractivity contribution is -0.119. The molecule has 0 radical (unpaired) electrons. The van der Waals surface area contributed by atoms with Crippen molar-refractivity contribution >= 4 is 32.7 Å². The summed E-state index contributed by atoms with van der Waals surface area (Å²) in [5, 5.41) is 5.10. The molecule has 1 aliphatic rings. The van der Waals surface area contributed by atoms with Crippen molar-refractivity contribution in [3.8, 4) is 0 Å². The Morgan fingerprint density at radius 3 is 2.74 bits per heavy atom. The van der Waals surface area contributed by atoms with Crippen LogP contribution >= 0.6 is 0 Å². The van der Waals surface area contributed by atoms with Crippen LogP contribution in [0.15, 0.2) is 56.6 Å². The Labute approximate surface area is 154 Å². The molecule has 2 aromatic carbocycles. The number of sulfonamides is 1. The Hall–Kier alpha value is -2.91. The molecule has 3 aromatic rings. The molecule has 0 bridgehead atoms. The fourth-order valence-electron chi connectivity index (χ4n) is 3.53. The highest BCUT2D eigenvalue weighted by molar-refractivity contribution is 7.89. The average molecular weight is 387 g/mol. The molecule has 27 heavy (non-hydrogen) atoms. The average Bonchev–Trinajstić information content (AvgIpc) is 3.09. The summed E-state index contributed by atoms with van der Waals surface area (Å²) in [4.78, 5) is 26.7. The maximum absolute atomic E-state index is 12.9. The molecular weight excluding hydrogens is 370 g/mol. The van der Waals surface area contributed by atoms with Crippen LogP contribution in [0.1, 0.15) is 12.5 Å². The van der Waals surface area contributed by atoms with Gasteiger partial charge < -0.3 is 9.32 Å². The van der Waals surface area contributed by atoms with Crippen molar-refractivity contribution in [2.75, 3.05) is 4.90 Å². The molecular formula is C18H17N3O5S. The van der Waals surface area contributed by atoms with Crippen LogP contribution in [0, 0.1) is 0 Å². The van der Waals surface area contributed by atoms with Crippen LogP contribution in [0.2, 0.25) is 0 Å². The van der Waals surface area contributed by atoms with Crippen molar-refractivity contribution in [3.63, 3.8) is 0 Å². The number of primary sulfonamides is 1. The van der Waals surface area contributed by atoms with E-state index in [2.05, 4.69) is 0 Å². The minimum atomic E-state index is -3.92. The van der Waals surface area contributed by atoms with Crippen LogP contribution in [0.4, 0.5) is 5.69 Å². The number of para-hydroxylation sites is 1. The van der Waals surface area contributed by atoms with Gasteiger partial charge in [-0.15, -0.1) is 0 Å². The first kappa shape index (κ1) is 17.5. The highest BCUT2D eigenvalue weighted by Crippen LogP contribution is 2.32. The van der Waals surface area contributed by atoms with Crippen LogP contribution in [-0.4, -0.2) is 24.9 Å². The Morgan fingerprint density at radius 2 is 2.00 bits per heavy atom. The van der Waals surface area contributed by atoms with Gasteiger partial charge in [-0.1, -0.05) is 18.2 Å². The SMILES string of the molecule is C[C@H]1Cc2ccccc2N1C(=O)Cn1c(=O)oc2cc(S(N)(=O)=O)ccc21. The molecule has 0 saturated carbocycles. The zero-order valence-electron chi connectivity index (χ0n) is 14.5. The summed E-state index contributed by atoms with van der Waals surface area (Å²) in [5.41, 5.74) is 2.32. The van der Waals surface area contributed by atoms with Crippen molar-refractivity contribution in [1.29, 1.82) is 0 Å². The van der Waals surface area contributed by atoms with E-state index in [1.165, 1.54) is 22.8 Å². The Balaban J connectivity index is 1.71. The van der Waals surface area contributed by atoms with Gasteiger partial charge in [-0.3, -0.25) is 9.36 Å². The summed E-state index contributed by atoms with van der Waals surface area (Å²) < 4.78 is 29.2. The summed E-state index contributed by atoms with van der Waals surface area (Å²) in [6.45, 7) is 1.74. The fourth-order valence-corrected chi connectivity index (χ4v) is 4.06. The van der Waals surface area contributed by atoms with Crippen molar-refractivity contribution in [3.05, 3.63) is 58.6 Å².